The van der Waals surface area contributed by atoms with Crippen molar-refractivity contribution in [3.8, 4) is 16.9 Å². The highest BCUT2D eigenvalue weighted by atomic mass is 32.1. The molecule has 0 spiro atoms. The Hall–Kier alpha value is -2.01. The van der Waals surface area contributed by atoms with Gasteiger partial charge in [0.15, 0.2) is 0 Å². The predicted octanol–water partition coefficient (Wildman–Crippen LogP) is 2.66. The molecule has 0 unspecified atom stereocenters. The average Bonchev–Trinajstić information content (AvgIpc) is 2.92. The summed E-state index contributed by atoms with van der Waals surface area (Å²) < 4.78 is 5.28. The molecule has 1 amide bonds. The van der Waals surface area contributed by atoms with Gasteiger partial charge in [-0.2, -0.15) is 0 Å². The lowest BCUT2D eigenvalue weighted by molar-refractivity contribution is 0.0957. The minimum Gasteiger partial charge on any atom is -0.497 e. The van der Waals surface area contributed by atoms with E-state index in [2.05, 4.69) is 11.4 Å². The number of rotatable bonds is 3. The topological polar surface area (TPSA) is 64.4 Å². The lowest BCUT2D eigenvalue weighted by Gasteiger charge is -2.08. The van der Waals surface area contributed by atoms with Gasteiger partial charge in [0.1, 0.15) is 5.75 Å². The molecular weight excluding hydrogens is 272 g/mol. The standard InChI is InChI=1S/C15H16N2O2S/c1-3-17-15(18)13-12-10-7-9(19-2)5-4-8(10)6-11(12)20-14(13)16/h4-5,7H,3,6,16H2,1-2H3,(H,17,18). The van der Waals surface area contributed by atoms with Crippen LogP contribution in [0.4, 0.5) is 5.00 Å². The summed E-state index contributed by atoms with van der Waals surface area (Å²) in [6, 6.07) is 5.99. The third-order valence-corrected chi connectivity index (χ3v) is 4.53. The first-order valence-electron chi connectivity index (χ1n) is 6.52. The summed E-state index contributed by atoms with van der Waals surface area (Å²) in [5, 5.41) is 3.43. The Morgan fingerprint density at radius 1 is 1.50 bits per heavy atom. The van der Waals surface area contributed by atoms with Crippen molar-refractivity contribution >= 4 is 22.2 Å². The van der Waals surface area contributed by atoms with E-state index in [0.717, 1.165) is 28.2 Å². The van der Waals surface area contributed by atoms with Crippen LogP contribution in [0, 0.1) is 0 Å². The maximum atomic E-state index is 12.2. The molecule has 0 aliphatic heterocycles. The molecule has 0 fully saturated rings. The maximum absolute atomic E-state index is 12.2. The van der Waals surface area contributed by atoms with E-state index >= 15 is 0 Å². The molecule has 4 nitrogen and oxygen atoms in total. The number of nitrogens with two attached hydrogens (primary N) is 1. The highest BCUT2D eigenvalue weighted by molar-refractivity contribution is 7.17. The number of carbonyl (C=O) groups excluding carboxylic acids is 1. The fourth-order valence-electron chi connectivity index (χ4n) is 2.62. The number of methoxy groups -OCH3 is 1. The van der Waals surface area contributed by atoms with E-state index in [-0.39, 0.29) is 5.91 Å². The second kappa shape index (κ2) is 4.83. The molecule has 1 heterocycles. The maximum Gasteiger partial charge on any atom is 0.254 e. The van der Waals surface area contributed by atoms with Crippen molar-refractivity contribution in [1.29, 1.82) is 0 Å². The number of ether oxygens (including phenoxy) is 1. The Morgan fingerprint density at radius 3 is 3.00 bits per heavy atom. The number of anilines is 1. The van der Waals surface area contributed by atoms with Crippen LogP contribution in [0.15, 0.2) is 18.2 Å². The summed E-state index contributed by atoms with van der Waals surface area (Å²) in [5.74, 6) is 0.696. The summed E-state index contributed by atoms with van der Waals surface area (Å²) in [6.07, 6.45) is 0.836. The van der Waals surface area contributed by atoms with Crippen LogP contribution in [0.2, 0.25) is 0 Å². The minimum absolute atomic E-state index is 0.0989. The van der Waals surface area contributed by atoms with Crippen molar-refractivity contribution in [2.24, 2.45) is 0 Å². The highest BCUT2D eigenvalue weighted by Crippen LogP contribution is 2.47. The van der Waals surface area contributed by atoms with Crippen LogP contribution >= 0.6 is 11.3 Å². The number of carbonyl (C=O) groups is 1. The Bertz CT molecular complexity index is 691. The molecule has 20 heavy (non-hydrogen) atoms. The fourth-order valence-corrected chi connectivity index (χ4v) is 3.73. The zero-order valence-electron chi connectivity index (χ0n) is 11.4. The van der Waals surface area contributed by atoms with Crippen LogP contribution in [-0.2, 0) is 6.42 Å². The lowest BCUT2D eigenvalue weighted by Crippen LogP contribution is -2.23. The number of fused-ring (bicyclic) bond motifs is 3. The summed E-state index contributed by atoms with van der Waals surface area (Å²) in [7, 11) is 1.64. The van der Waals surface area contributed by atoms with Gasteiger partial charge < -0.3 is 15.8 Å². The predicted molar refractivity (Wildman–Crippen MR) is 81.5 cm³/mol. The van der Waals surface area contributed by atoms with E-state index in [4.69, 9.17) is 10.5 Å². The van der Waals surface area contributed by atoms with Gasteiger partial charge in [-0.25, -0.2) is 0 Å². The molecule has 1 aliphatic carbocycles. The van der Waals surface area contributed by atoms with Gasteiger partial charge in [0, 0.05) is 23.4 Å². The van der Waals surface area contributed by atoms with Crippen molar-refractivity contribution in [2.75, 3.05) is 19.4 Å². The molecule has 1 aliphatic rings. The van der Waals surface area contributed by atoms with Crippen molar-refractivity contribution in [3.63, 3.8) is 0 Å². The molecule has 3 N–H and O–H groups in total. The summed E-state index contributed by atoms with van der Waals surface area (Å²) in [5.41, 5.74) is 9.91. The molecule has 3 rings (SSSR count). The second-order valence-corrected chi connectivity index (χ2v) is 5.84. The Kier molecular flexibility index (Phi) is 3.14. The van der Waals surface area contributed by atoms with Crippen molar-refractivity contribution in [1.82, 2.24) is 5.32 Å². The van der Waals surface area contributed by atoms with Crippen LogP contribution in [0.1, 0.15) is 27.7 Å². The molecule has 1 aromatic carbocycles. The molecule has 0 radical (unpaired) electrons. The first kappa shape index (κ1) is 13.0. The monoisotopic (exact) mass is 288 g/mol. The fraction of sp³-hybridized carbons (Fsp3) is 0.267. The molecule has 0 bridgehead atoms. The number of nitrogen functional groups attached to an aromatic ring is 1. The molecular formula is C15H16N2O2S. The Labute approximate surface area is 121 Å². The number of thiophene rings is 1. The quantitative estimate of drug-likeness (QED) is 0.778. The SMILES string of the molecule is CCNC(=O)c1c(N)sc2c1-c1cc(OC)ccc1C2. The molecule has 2 aromatic rings. The van der Waals surface area contributed by atoms with Gasteiger partial charge in [0.05, 0.1) is 17.7 Å². The first-order chi connectivity index (χ1) is 9.65. The van der Waals surface area contributed by atoms with Gasteiger partial charge >= 0.3 is 0 Å². The van der Waals surface area contributed by atoms with E-state index in [0.29, 0.717) is 17.1 Å². The largest absolute Gasteiger partial charge is 0.497 e. The van der Waals surface area contributed by atoms with Crippen LogP contribution in [-0.4, -0.2) is 19.6 Å². The van der Waals surface area contributed by atoms with Crippen molar-refractivity contribution < 1.29 is 9.53 Å². The summed E-state index contributed by atoms with van der Waals surface area (Å²) in [4.78, 5) is 13.4. The third kappa shape index (κ3) is 1.86. The average molecular weight is 288 g/mol. The number of benzene rings is 1. The van der Waals surface area contributed by atoms with E-state index < -0.39 is 0 Å². The zero-order valence-corrected chi connectivity index (χ0v) is 12.3. The van der Waals surface area contributed by atoms with E-state index in [1.807, 2.05) is 19.1 Å². The summed E-state index contributed by atoms with van der Waals surface area (Å²) in [6.45, 7) is 2.49. The van der Waals surface area contributed by atoms with Crippen molar-refractivity contribution in [2.45, 2.75) is 13.3 Å². The first-order valence-corrected chi connectivity index (χ1v) is 7.34. The van der Waals surface area contributed by atoms with Gasteiger partial charge in [-0.1, -0.05) is 6.07 Å². The minimum atomic E-state index is -0.0989. The van der Waals surface area contributed by atoms with Gasteiger partial charge in [-0.15, -0.1) is 11.3 Å². The molecule has 0 atom stereocenters. The van der Waals surface area contributed by atoms with Crippen molar-refractivity contribution in [3.05, 3.63) is 34.2 Å². The van der Waals surface area contributed by atoms with Gasteiger partial charge in [0.25, 0.3) is 5.91 Å². The van der Waals surface area contributed by atoms with Crippen LogP contribution in [0.3, 0.4) is 0 Å². The molecule has 5 heteroatoms. The van der Waals surface area contributed by atoms with Crippen LogP contribution < -0.4 is 15.8 Å². The molecule has 104 valence electrons. The van der Waals surface area contributed by atoms with Crippen LogP contribution in [0.5, 0.6) is 5.75 Å². The van der Waals surface area contributed by atoms with Gasteiger partial charge in [0.2, 0.25) is 0 Å². The normalized spacial score (nSPS) is 11.9. The third-order valence-electron chi connectivity index (χ3n) is 3.51. The number of hydrogen-bond donors (Lipinski definition) is 2. The smallest absolute Gasteiger partial charge is 0.254 e. The Balaban J connectivity index is 2.16. The molecule has 1 aromatic heterocycles. The molecule has 0 saturated heterocycles. The van der Waals surface area contributed by atoms with Crippen LogP contribution in [0.25, 0.3) is 11.1 Å². The van der Waals surface area contributed by atoms with Gasteiger partial charge in [-0.05, 0) is 30.2 Å². The Morgan fingerprint density at radius 2 is 2.30 bits per heavy atom. The molecule has 0 saturated carbocycles. The highest BCUT2D eigenvalue weighted by Gasteiger charge is 2.29. The number of nitrogens with one attached hydrogen (secondary N) is 1. The van der Waals surface area contributed by atoms with E-state index in [1.54, 1.807) is 7.11 Å². The van der Waals surface area contributed by atoms with E-state index in [9.17, 15) is 4.79 Å². The number of amides is 1. The second-order valence-electron chi connectivity index (χ2n) is 4.70. The van der Waals surface area contributed by atoms with Gasteiger partial charge in [-0.3, -0.25) is 4.79 Å². The summed E-state index contributed by atoms with van der Waals surface area (Å²) >= 11 is 1.50. The lowest BCUT2D eigenvalue weighted by atomic mass is 10.0. The number of hydrogen-bond acceptors (Lipinski definition) is 4. The van der Waals surface area contributed by atoms with E-state index in [1.165, 1.54) is 16.9 Å². The zero-order chi connectivity index (χ0) is 14.3.